The van der Waals surface area contributed by atoms with E-state index in [1.807, 2.05) is 0 Å². The Hall–Kier alpha value is -0.0400. The highest BCUT2D eigenvalue weighted by molar-refractivity contribution is 4.66. The molecule has 1 atom stereocenters. The molecule has 1 unspecified atom stereocenters. The van der Waals surface area contributed by atoms with Crippen molar-refractivity contribution in [3.8, 4) is 0 Å². The maximum Gasteiger partial charge on any atom is -0.00181 e. The van der Waals surface area contributed by atoms with Gasteiger partial charge in [0.2, 0.25) is 0 Å². The molecule has 0 aliphatic carbocycles. The smallest absolute Gasteiger partial charge is 0.00181 e. The van der Waals surface area contributed by atoms with Crippen LogP contribution in [0.4, 0.5) is 0 Å². The Labute approximate surface area is 110 Å². The average molecular weight is 241 g/mol. The van der Waals surface area contributed by atoms with Gasteiger partial charge in [0.1, 0.15) is 0 Å². The van der Waals surface area contributed by atoms with E-state index in [2.05, 4.69) is 33.0 Å². The molecule has 0 amide bonds. The van der Waals surface area contributed by atoms with E-state index in [4.69, 9.17) is 0 Å². The second kappa shape index (κ2) is 12.4. The second-order valence-electron chi connectivity index (χ2n) is 5.76. The topological polar surface area (TPSA) is 12.0 Å². The first-order valence-corrected chi connectivity index (χ1v) is 7.93. The van der Waals surface area contributed by atoms with Crippen LogP contribution in [0.2, 0.25) is 0 Å². The van der Waals surface area contributed by atoms with E-state index in [9.17, 15) is 0 Å². The predicted octanol–water partition coefficient (Wildman–Crippen LogP) is 5.01. The highest BCUT2D eigenvalue weighted by atomic mass is 14.9. The van der Waals surface area contributed by atoms with Crippen molar-refractivity contribution in [2.45, 2.75) is 79.1 Å². The summed E-state index contributed by atoms with van der Waals surface area (Å²) in [5, 5.41) is 3.58. The fourth-order valence-electron chi connectivity index (χ4n) is 2.32. The molecular formula is C16H35N. The molecule has 0 spiro atoms. The summed E-state index contributed by atoms with van der Waals surface area (Å²) in [6.45, 7) is 11.7. The molecule has 0 radical (unpaired) electrons. The molecule has 0 aliphatic rings. The van der Waals surface area contributed by atoms with Crippen molar-refractivity contribution in [1.82, 2.24) is 5.32 Å². The van der Waals surface area contributed by atoms with E-state index >= 15 is 0 Å². The van der Waals surface area contributed by atoms with Crippen LogP contribution < -0.4 is 5.32 Å². The zero-order valence-electron chi connectivity index (χ0n) is 12.7. The molecule has 17 heavy (non-hydrogen) atoms. The lowest BCUT2D eigenvalue weighted by molar-refractivity contribution is 0.329. The molecule has 104 valence electrons. The SMILES string of the molecule is CCCCCCCCC(CNCCC)C(C)C. The van der Waals surface area contributed by atoms with Crippen molar-refractivity contribution >= 4 is 0 Å². The Balaban J connectivity index is 3.49. The Morgan fingerprint density at radius 1 is 0.824 bits per heavy atom. The van der Waals surface area contributed by atoms with Gasteiger partial charge in [-0.1, -0.05) is 66.2 Å². The molecule has 0 aromatic rings. The number of hydrogen-bond acceptors (Lipinski definition) is 1. The Morgan fingerprint density at radius 3 is 2.06 bits per heavy atom. The Bertz CT molecular complexity index is 142. The lowest BCUT2D eigenvalue weighted by Gasteiger charge is -2.21. The van der Waals surface area contributed by atoms with Gasteiger partial charge in [-0.3, -0.25) is 0 Å². The molecule has 0 saturated heterocycles. The molecule has 0 heterocycles. The molecule has 0 saturated carbocycles. The fraction of sp³-hybridized carbons (Fsp3) is 1.00. The fourth-order valence-corrected chi connectivity index (χ4v) is 2.32. The summed E-state index contributed by atoms with van der Waals surface area (Å²) in [7, 11) is 0. The molecule has 0 rings (SSSR count). The molecular weight excluding hydrogens is 206 g/mol. The molecule has 1 N–H and O–H groups in total. The quantitative estimate of drug-likeness (QED) is 0.474. The lowest BCUT2D eigenvalue weighted by atomic mass is 9.90. The number of hydrogen-bond donors (Lipinski definition) is 1. The first-order chi connectivity index (χ1) is 8.22. The minimum Gasteiger partial charge on any atom is -0.316 e. The third-order valence-corrected chi connectivity index (χ3v) is 3.70. The van der Waals surface area contributed by atoms with Crippen LogP contribution in [0.3, 0.4) is 0 Å². The third-order valence-electron chi connectivity index (χ3n) is 3.70. The van der Waals surface area contributed by atoms with Crippen LogP contribution in [0.5, 0.6) is 0 Å². The van der Waals surface area contributed by atoms with Crippen molar-refractivity contribution in [2.75, 3.05) is 13.1 Å². The van der Waals surface area contributed by atoms with Gasteiger partial charge in [-0.2, -0.15) is 0 Å². The molecule has 0 aliphatic heterocycles. The van der Waals surface area contributed by atoms with Crippen LogP contribution in [0.1, 0.15) is 79.1 Å². The summed E-state index contributed by atoms with van der Waals surface area (Å²) in [6.07, 6.45) is 11.2. The maximum atomic E-state index is 3.58. The minimum atomic E-state index is 0.829. The van der Waals surface area contributed by atoms with Gasteiger partial charge < -0.3 is 5.32 Å². The molecule has 0 bridgehead atoms. The van der Waals surface area contributed by atoms with Gasteiger partial charge in [-0.05, 0) is 37.8 Å². The van der Waals surface area contributed by atoms with E-state index in [0.717, 1.165) is 11.8 Å². The zero-order valence-corrected chi connectivity index (χ0v) is 12.7. The van der Waals surface area contributed by atoms with Crippen molar-refractivity contribution in [3.05, 3.63) is 0 Å². The zero-order chi connectivity index (χ0) is 12.9. The highest BCUT2D eigenvalue weighted by Crippen LogP contribution is 2.18. The summed E-state index contributed by atoms with van der Waals surface area (Å²) >= 11 is 0. The van der Waals surface area contributed by atoms with Crippen LogP contribution in [-0.4, -0.2) is 13.1 Å². The van der Waals surface area contributed by atoms with Gasteiger partial charge in [-0.25, -0.2) is 0 Å². The molecule has 0 fully saturated rings. The van der Waals surface area contributed by atoms with Crippen molar-refractivity contribution in [1.29, 1.82) is 0 Å². The van der Waals surface area contributed by atoms with Crippen molar-refractivity contribution in [2.24, 2.45) is 11.8 Å². The van der Waals surface area contributed by atoms with Crippen molar-refractivity contribution in [3.63, 3.8) is 0 Å². The van der Waals surface area contributed by atoms with Gasteiger partial charge >= 0.3 is 0 Å². The highest BCUT2D eigenvalue weighted by Gasteiger charge is 2.12. The van der Waals surface area contributed by atoms with E-state index < -0.39 is 0 Å². The summed E-state index contributed by atoms with van der Waals surface area (Å²) in [5.74, 6) is 1.71. The van der Waals surface area contributed by atoms with Crippen LogP contribution in [0.15, 0.2) is 0 Å². The van der Waals surface area contributed by atoms with Gasteiger partial charge in [0.05, 0.1) is 0 Å². The maximum absolute atomic E-state index is 3.58. The predicted molar refractivity (Wildman–Crippen MR) is 79.5 cm³/mol. The van der Waals surface area contributed by atoms with Gasteiger partial charge in [0, 0.05) is 0 Å². The van der Waals surface area contributed by atoms with E-state index in [-0.39, 0.29) is 0 Å². The minimum absolute atomic E-state index is 0.829. The Kier molecular flexibility index (Phi) is 12.4. The second-order valence-corrected chi connectivity index (χ2v) is 5.76. The molecule has 1 nitrogen and oxygen atoms in total. The molecule has 0 aromatic carbocycles. The van der Waals surface area contributed by atoms with E-state index in [1.165, 1.54) is 64.5 Å². The van der Waals surface area contributed by atoms with E-state index in [1.54, 1.807) is 0 Å². The molecule has 0 aromatic heterocycles. The summed E-state index contributed by atoms with van der Waals surface area (Å²) in [6, 6.07) is 0. The van der Waals surface area contributed by atoms with Crippen LogP contribution in [0.25, 0.3) is 0 Å². The van der Waals surface area contributed by atoms with Gasteiger partial charge in [0.15, 0.2) is 0 Å². The summed E-state index contributed by atoms with van der Waals surface area (Å²) < 4.78 is 0. The number of unbranched alkanes of at least 4 members (excludes halogenated alkanes) is 5. The normalized spacial score (nSPS) is 13.2. The number of rotatable bonds is 12. The largest absolute Gasteiger partial charge is 0.316 e. The van der Waals surface area contributed by atoms with Crippen LogP contribution in [0, 0.1) is 11.8 Å². The Morgan fingerprint density at radius 2 is 1.47 bits per heavy atom. The molecule has 1 heteroatoms. The lowest BCUT2D eigenvalue weighted by Crippen LogP contribution is -2.26. The third kappa shape index (κ3) is 10.8. The van der Waals surface area contributed by atoms with Crippen LogP contribution >= 0.6 is 0 Å². The van der Waals surface area contributed by atoms with Crippen molar-refractivity contribution < 1.29 is 0 Å². The average Bonchev–Trinajstić information content (AvgIpc) is 2.31. The van der Waals surface area contributed by atoms with Crippen LogP contribution in [-0.2, 0) is 0 Å². The van der Waals surface area contributed by atoms with Gasteiger partial charge in [-0.15, -0.1) is 0 Å². The first kappa shape index (κ1) is 17.0. The van der Waals surface area contributed by atoms with Gasteiger partial charge in [0.25, 0.3) is 0 Å². The first-order valence-electron chi connectivity index (χ1n) is 7.93. The standard InChI is InChI=1S/C16H35N/c1-5-7-8-9-10-11-12-16(15(3)4)14-17-13-6-2/h15-17H,5-14H2,1-4H3. The summed E-state index contributed by atoms with van der Waals surface area (Å²) in [5.41, 5.74) is 0. The summed E-state index contributed by atoms with van der Waals surface area (Å²) in [4.78, 5) is 0. The monoisotopic (exact) mass is 241 g/mol. The number of nitrogens with one attached hydrogen (secondary N) is 1. The van der Waals surface area contributed by atoms with E-state index in [0.29, 0.717) is 0 Å².